The van der Waals surface area contributed by atoms with E-state index >= 15 is 0 Å². The third kappa shape index (κ3) is 2.20. The van der Waals surface area contributed by atoms with Gasteiger partial charge in [-0.15, -0.1) is 5.10 Å². The number of aromatic nitrogens is 4. The minimum atomic E-state index is -0.859. The van der Waals surface area contributed by atoms with Crippen LogP contribution in [0.3, 0.4) is 0 Å². The van der Waals surface area contributed by atoms with E-state index < -0.39 is 11.4 Å². The Morgan fingerprint density at radius 1 is 1.41 bits per heavy atom. The first kappa shape index (κ1) is 14.4. The van der Waals surface area contributed by atoms with Crippen LogP contribution in [0.15, 0.2) is 18.2 Å². The van der Waals surface area contributed by atoms with Crippen LogP contribution in [0, 0.1) is 5.41 Å². The second-order valence-electron chi connectivity index (χ2n) is 5.63. The van der Waals surface area contributed by atoms with Crippen LogP contribution < -0.4 is 0 Å². The van der Waals surface area contributed by atoms with Crippen molar-refractivity contribution in [2.75, 3.05) is 13.1 Å². The monoisotopic (exact) mass is 303 g/mol. The highest BCUT2D eigenvalue weighted by Crippen LogP contribution is 2.34. The average molecular weight is 303 g/mol. The van der Waals surface area contributed by atoms with Crippen LogP contribution in [0.2, 0.25) is 0 Å². The standard InChI is InChI=1S/C14H17N5O3/c1-2-14(13(21)22)7-4-8-18(9-14)12(20)10-5-3-6-11-15-16-17-19(10)11/h3,5-6H,2,4,7-9H2,1H3,(H,21,22)/t14-/m1/s1. The molecule has 0 unspecified atom stereocenters. The predicted molar refractivity (Wildman–Crippen MR) is 76.3 cm³/mol. The Labute approximate surface area is 126 Å². The van der Waals surface area contributed by atoms with Crippen molar-refractivity contribution in [2.45, 2.75) is 26.2 Å². The Kier molecular flexibility index (Phi) is 3.51. The molecule has 3 heterocycles. The number of carboxylic acids is 1. The van der Waals surface area contributed by atoms with Gasteiger partial charge >= 0.3 is 5.97 Å². The maximum Gasteiger partial charge on any atom is 0.311 e. The van der Waals surface area contributed by atoms with Gasteiger partial charge in [0.15, 0.2) is 5.65 Å². The number of amides is 1. The van der Waals surface area contributed by atoms with Crippen LogP contribution in [-0.4, -0.2) is 55.0 Å². The molecule has 116 valence electrons. The molecule has 1 aliphatic rings. The van der Waals surface area contributed by atoms with Gasteiger partial charge in [0.2, 0.25) is 0 Å². The van der Waals surface area contributed by atoms with E-state index in [4.69, 9.17) is 0 Å². The third-order valence-electron chi connectivity index (χ3n) is 4.43. The largest absolute Gasteiger partial charge is 0.481 e. The zero-order valence-electron chi connectivity index (χ0n) is 12.3. The van der Waals surface area contributed by atoms with E-state index in [9.17, 15) is 14.7 Å². The number of rotatable bonds is 3. The molecule has 3 rings (SSSR count). The Morgan fingerprint density at radius 2 is 2.23 bits per heavy atom. The second kappa shape index (κ2) is 5.36. The molecule has 1 amide bonds. The van der Waals surface area contributed by atoms with Gasteiger partial charge < -0.3 is 10.0 Å². The lowest BCUT2D eigenvalue weighted by Crippen LogP contribution is -2.50. The van der Waals surface area contributed by atoms with Crippen molar-refractivity contribution in [1.82, 2.24) is 24.9 Å². The molecule has 0 saturated carbocycles. The fourth-order valence-corrected chi connectivity index (χ4v) is 3.01. The average Bonchev–Trinajstić information content (AvgIpc) is 3.02. The summed E-state index contributed by atoms with van der Waals surface area (Å²) >= 11 is 0. The Bertz CT molecular complexity index is 728. The van der Waals surface area contributed by atoms with E-state index in [1.807, 2.05) is 6.92 Å². The molecule has 1 fully saturated rings. The molecule has 1 aliphatic heterocycles. The number of carbonyl (C=O) groups excluding carboxylic acids is 1. The van der Waals surface area contributed by atoms with Crippen LogP contribution >= 0.6 is 0 Å². The van der Waals surface area contributed by atoms with Crippen LogP contribution in [0.5, 0.6) is 0 Å². The summed E-state index contributed by atoms with van der Waals surface area (Å²) in [6.07, 6.45) is 1.77. The summed E-state index contributed by atoms with van der Waals surface area (Å²) < 4.78 is 1.38. The fourth-order valence-electron chi connectivity index (χ4n) is 3.01. The van der Waals surface area contributed by atoms with E-state index in [-0.39, 0.29) is 12.5 Å². The minimum Gasteiger partial charge on any atom is -0.481 e. The van der Waals surface area contributed by atoms with Gasteiger partial charge in [-0.3, -0.25) is 9.59 Å². The van der Waals surface area contributed by atoms with Crippen molar-refractivity contribution < 1.29 is 14.7 Å². The summed E-state index contributed by atoms with van der Waals surface area (Å²) in [5, 5.41) is 20.7. The van der Waals surface area contributed by atoms with Gasteiger partial charge in [0.1, 0.15) is 5.69 Å². The van der Waals surface area contributed by atoms with Crippen LogP contribution in [0.4, 0.5) is 0 Å². The van der Waals surface area contributed by atoms with Crippen molar-refractivity contribution in [3.8, 4) is 0 Å². The first-order valence-corrected chi connectivity index (χ1v) is 7.27. The lowest BCUT2D eigenvalue weighted by atomic mass is 9.77. The lowest BCUT2D eigenvalue weighted by molar-refractivity contribution is -0.152. The topological polar surface area (TPSA) is 101 Å². The molecule has 8 nitrogen and oxygen atoms in total. The van der Waals surface area contributed by atoms with Crippen LogP contribution in [0.1, 0.15) is 36.7 Å². The smallest absolute Gasteiger partial charge is 0.311 e. The summed E-state index contributed by atoms with van der Waals surface area (Å²) in [6.45, 7) is 2.62. The van der Waals surface area contributed by atoms with E-state index in [1.54, 1.807) is 23.1 Å². The van der Waals surface area contributed by atoms with Crippen molar-refractivity contribution in [1.29, 1.82) is 0 Å². The molecule has 1 N–H and O–H groups in total. The van der Waals surface area contributed by atoms with Gasteiger partial charge in [-0.05, 0) is 41.8 Å². The van der Waals surface area contributed by atoms with Gasteiger partial charge in [-0.1, -0.05) is 13.0 Å². The zero-order chi connectivity index (χ0) is 15.7. The molecule has 0 bridgehead atoms. The number of piperidine rings is 1. The maximum atomic E-state index is 12.8. The summed E-state index contributed by atoms with van der Waals surface area (Å²) in [4.78, 5) is 26.0. The lowest BCUT2D eigenvalue weighted by Gasteiger charge is -2.39. The molecule has 0 spiro atoms. The highest BCUT2D eigenvalue weighted by atomic mass is 16.4. The zero-order valence-corrected chi connectivity index (χ0v) is 12.3. The van der Waals surface area contributed by atoms with Crippen molar-refractivity contribution in [3.63, 3.8) is 0 Å². The van der Waals surface area contributed by atoms with Crippen LogP contribution in [0.25, 0.3) is 5.65 Å². The van der Waals surface area contributed by atoms with Gasteiger partial charge in [0.25, 0.3) is 5.91 Å². The van der Waals surface area contributed by atoms with E-state index in [0.29, 0.717) is 37.1 Å². The van der Waals surface area contributed by atoms with Crippen molar-refractivity contribution in [2.24, 2.45) is 5.41 Å². The molecule has 0 radical (unpaired) electrons. The number of aliphatic carboxylic acids is 1. The molecular formula is C14H17N5O3. The number of fused-ring (bicyclic) bond motifs is 1. The minimum absolute atomic E-state index is 0.218. The highest BCUT2D eigenvalue weighted by Gasteiger charge is 2.42. The molecule has 0 aromatic carbocycles. The highest BCUT2D eigenvalue weighted by molar-refractivity contribution is 5.93. The Balaban J connectivity index is 1.92. The number of carboxylic acid groups (broad SMARTS) is 1. The van der Waals surface area contributed by atoms with E-state index in [2.05, 4.69) is 15.5 Å². The van der Waals surface area contributed by atoms with Gasteiger partial charge in [0.05, 0.1) is 5.41 Å². The number of hydrogen-bond acceptors (Lipinski definition) is 5. The summed E-state index contributed by atoms with van der Waals surface area (Å²) in [5.41, 5.74) is -0.0229. The molecular weight excluding hydrogens is 286 g/mol. The van der Waals surface area contributed by atoms with E-state index in [0.717, 1.165) is 0 Å². The molecule has 0 aliphatic carbocycles. The Hall–Kier alpha value is -2.51. The molecule has 22 heavy (non-hydrogen) atoms. The van der Waals surface area contributed by atoms with Crippen molar-refractivity contribution >= 4 is 17.5 Å². The number of tetrazole rings is 1. The molecule has 2 aromatic heterocycles. The first-order chi connectivity index (χ1) is 10.6. The molecule has 1 atom stereocenters. The number of pyridine rings is 1. The number of likely N-dealkylation sites (tertiary alicyclic amines) is 1. The second-order valence-corrected chi connectivity index (χ2v) is 5.63. The van der Waals surface area contributed by atoms with Gasteiger partial charge in [-0.2, -0.15) is 4.52 Å². The number of nitrogens with zero attached hydrogens (tertiary/aromatic N) is 5. The molecule has 2 aromatic rings. The number of carbonyl (C=O) groups is 2. The van der Waals surface area contributed by atoms with Gasteiger partial charge in [-0.25, -0.2) is 0 Å². The predicted octanol–water partition coefficient (Wildman–Crippen LogP) is 0.841. The summed E-state index contributed by atoms with van der Waals surface area (Å²) in [6, 6.07) is 5.07. The summed E-state index contributed by atoms with van der Waals surface area (Å²) in [5.74, 6) is -1.08. The van der Waals surface area contributed by atoms with Crippen LogP contribution in [-0.2, 0) is 4.79 Å². The molecule has 8 heteroatoms. The summed E-state index contributed by atoms with van der Waals surface area (Å²) in [7, 11) is 0. The SMILES string of the molecule is CC[C@@]1(C(=O)O)CCCN(C(=O)c2cccc3nnnn23)C1. The first-order valence-electron chi connectivity index (χ1n) is 7.27. The van der Waals surface area contributed by atoms with Gasteiger partial charge in [0, 0.05) is 13.1 Å². The maximum absolute atomic E-state index is 12.8. The van der Waals surface area contributed by atoms with Crippen molar-refractivity contribution in [3.05, 3.63) is 23.9 Å². The Morgan fingerprint density at radius 3 is 2.95 bits per heavy atom. The number of hydrogen-bond donors (Lipinski definition) is 1. The fraction of sp³-hybridized carbons (Fsp3) is 0.500. The van der Waals surface area contributed by atoms with E-state index in [1.165, 1.54) is 4.52 Å². The quantitative estimate of drug-likeness (QED) is 0.901. The normalized spacial score (nSPS) is 22.0. The third-order valence-corrected chi connectivity index (χ3v) is 4.43. The molecule has 1 saturated heterocycles.